The lowest BCUT2D eigenvalue weighted by molar-refractivity contribution is -0.385. The molecule has 0 fully saturated rings. The highest BCUT2D eigenvalue weighted by atomic mass is 35.5. The molecule has 0 aliphatic heterocycles. The van der Waals surface area contributed by atoms with Crippen molar-refractivity contribution in [2.75, 3.05) is 5.32 Å². The minimum atomic E-state index is -0.675. The summed E-state index contributed by atoms with van der Waals surface area (Å²) in [6.07, 6.45) is 0. The number of rotatable bonds is 3. The Morgan fingerprint density at radius 1 is 1.33 bits per heavy atom. The Balaban J connectivity index is 2.39. The van der Waals surface area contributed by atoms with Crippen molar-refractivity contribution in [3.05, 3.63) is 55.9 Å². The predicted octanol–water partition coefficient (Wildman–Crippen LogP) is 3.25. The van der Waals surface area contributed by atoms with Gasteiger partial charge in [-0.15, -0.1) is 0 Å². The number of nitro benzene ring substituents is 1. The van der Waals surface area contributed by atoms with Crippen molar-refractivity contribution in [2.45, 2.75) is 6.92 Å². The zero-order valence-electron chi connectivity index (χ0n) is 10.6. The highest BCUT2D eigenvalue weighted by Gasteiger charge is 2.22. The maximum Gasteiger partial charge on any atom is 0.282 e. The molecule has 0 unspecified atom stereocenters. The van der Waals surface area contributed by atoms with Crippen LogP contribution in [-0.2, 0) is 0 Å². The van der Waals surface area contributed by atoms with E-state index < -0.39 is 10.8 Å². The minimum Gasteiger partial charge on any atom is -0.306 e. The number of amides is 1. The second kappa shape index (κ2) is 6.02. The van der Waals surface area contributed by atoms with Crippen molar-refractivity contribution in [1.82, 2.24) is 9.97 Å². The van der Waals surface area contributed by atoms with Crippen LogP contribution in [0.15, 0.2) is 24.3 Å². The molecular formula is C12H8Cl2N4O3. The SMILES string of the molecule is Cc1cccc([N+](=O)[O-])c1C(=O)Nc1cc(Cl)nc(Cl)n1. The third-order valence-corrected chi connectivity index (χ3v) is 2.95. The van der Waals surface area contributed by atoms with E-state index in [2.05, 4.69) is 15.3 Å². The van der Waals surface area contributed by atoms with Crippen molar-refractivity contribution in [2.24, 2.45) is 0 Å². The molecule has 2 rings (SSSR count). The first-order valence-corrected chi connectivity index (χ1v) is 6.39. The van der Waals surface area contributed by atoms with Gasteiger partial charge in [-0.25, -0.2) is 9.97 Å². The third kappa shape index (κ3) is 3.45. The van der Waals surface area contributed by atoms with Crippen LogP contribution in [0, 0.1) is 17.0 Å². The molecule has 0 saturated heterocycles. The number of benzene rings is 1. The lowest BCUT2D eigenvalue weighted by atomic mass is 10.1. The molecule has 0 aliphatic carbocycles. The molecule has 1 N–H and O–H groups in total. The number of aryl methyl sites for hydroxylation is 1. The van der Waals surface area contributed by atoms with Gasteiger partial charge in [-0.1, -0.05) is 23.7 Å². The zero-order valence-corrected chi connectivity index (χ0v) is 12.1. The van der Waals surface area contributed by atoms with E-state index in [-0.39, 0.29) is 27.5 Å². The summed E-state index contributed by atoms with van der Waals surface area (Å²) in [6.45, 7) is 1.60. The number of nitrogens with zero attached hydrogens (tertiary/aromatic N) is 3. The van der Waals surface area contributed by atoms with Crippen LogP contribution in [0.3, 0.4) is 0 Å². The van der Waals surface area contributed by atoms with Crippen molar-refractivity contribution in [1.29, 1.82) is 0 Å². The van der Waals surface area contributed by atoms with Crippen LogP contribution in [0.25, 0.3) is 0 Å². The number of hydrogen-bond acceptors (Lipinski definition) is 5. The lowest BCUT2D eigenvalue weighted by Gasteiger charge is -2.08. The molecule has 0 bridgehead atoms. The molecule has 0 spiro atoms. The molecule has 0 radical (unpaired) electrons. The molecule has 108 valence electrons. The molecular weight excluding hydrogens is 319 g/mol. The normalized spacial score (nSPS) is 10.2. The van der Waals surface area contributed by atoms with Crippen LogP contribution in [-0.4, -0.2) is 20.8 Å². The van der Waals surface area contributed by atoms with Crippen molar-refractivity contribution in [3.63, 3.8) is 0 Å². The predicted molar refractivity (Wildman–Crippen MR) is 77.8 cm³/mol. The molecule has 9 heteroatoms. The van der Waals surface area contributed by atoms with E-state index in [1.165, 1.54) is 18.2 Å². The minimum absolute atomic E-state index is 0.0459. The molecule has 0 aliphatic rings. The Bertz CT molecular complexity index is 716. The molecule has 7 nitrogen and oxygen atoms in total. The van der Waals surface area contributed by atoms with Gasteiger partial charge in [0.25, 0.3) is 11.6 Å². The Morgan fingerprint density at radius 2 is 2.05 bits per heavy atom. The Morgan fingerprint density at radius 3 is 2.67 bits per heavy atom. The maximum atomic E-state index is 12.2. The van der Waals surface area contributed by atoms with Crippen LogP contribution >= 0.6 is 23.2 Å². The smallest absolute Gasteiger partial charge is 0.282 e. The van der Waals surface area contributed by atoms with Crippen molar-refractivity contribution < 1.29 is 9.72 Å². The first-order valence-electron chi connectivity index (χ1n) is 5.64. The average Bonchev–Trinajstić information content (AvgIpc) is 2.36. The van der Waals surface area contributed by atoms with E-state index in [4.69, 9.17) is 23.2 Å². The molecule has 21 heavy (non-hydrogen) atoms. The standard InChI is InChI=1S/C12H8Cl2N4O3/c1-6-3-2-4-7(18(20)21)10(6)11(19)16-9-5-8(13)15-12(14)17-9/h2-5H,1H3,(H,15,16,17,19). The summed E-state index contributed by atoms with van der Waals surface area (Å²) in [4.78, 5) is 30.0. The molecule has 0 atom stereocenters. The van der Waals surface area contributed by atoms with E-state index in [1.807, 2.05) is 0 Å². The molecule has 1 amide bonds. The Labute approximate surface area is 129 Å². The number of carbonyl (C=O) groups is 1. The molecule has 2 aromatic rings. The van der Waals surface area contributed by atoms with Crippen LogP contribution < -0.4 is 5.32 Å². The largest absolute Gasteiger partial charge is 0.306 e. The number of halogens is 2. The summed E-state index contributed by atoms with van der Waals surface area (Å²) < 4.78 is 0. The quantitative estimate of drug-likeness (QED) is 0.404. The van der Waals surface area contributed by atoms with Gasteiger partial charge in [0.15, 0.2) is 0 Å². The third-order valence-electron chi connectivity index (χ3n) is 2.58. The summed E-state index contributed by atoms with van der Waals surface area (Å²) in [5.74, 6) is -0.617. The van der Waals surface area contributed by atoms with Gasteiger partial charge in [0.05, 0.1) is 4.92 Å². The highest BCUT2D eigenvalue weighted by Crippen LogP contribution is 2.23. The Hall–Kier alpha value is -2.25. The molecule has 1 aromatic carbocycles. The second-order valence-corrected chi connectivity index (χ2v) is 4.75. The van der Waals surface area contributed by atoms with E-state index in [0.29, 0.717) is 5.56 Å². The van der Waals surface area contributed by atoms with Gasteiger partial charge in [0, 0.05) is 12.1 Å². The molecule has 1 aromatic heterocycles. The van der Waals surface area contributed by atoms with E-state index >= 15 is 0 Å². The van der Waals surface area contributed by atoms with Gasteiger partial charge in [-0.3, -0.25) is 14.9 Å². The van der Waals surface area contributed by atoms with Crippen molar-refractivity contribution >= 4 is 40.6 Å². The van der Waals surface area contributed by atoms with Gasteiger partial charge in [0.1, 0.15) is 16.5 Å². The number of hydrogen-bond donors (Lipinski definition) is 1. The second-order valence-electron chi connectivity index (χ2n) is 4.03. The van der Waals surface area contributed by atoms with Gasteiger partial charge >= 0.3 is 0 Å². The first-order chi connectivity index (χ1) is 9.88. The fraction of sp³-hybridized carbons (Fsp3) is 0.0833. The summed E-state index contributed by atoms with van der Waals surface area (Å²) in [5.41, 5.74) is 0.125. The summed E-state index contributed by atoms with van der Waals surface area (Å²) in [7, 11) is 0. The number of nitrogens with one attached hydrogen (secondary N) is 1. The molecule has 0 saturated carbocycles. The number of carbonyl (C=O) groups excluding carboxylic acids is 1. The topological polar surface area (TPSA) is 98.0 Å². The zero-order chi connectivity index (χ0) is 15.6. The Kier molecular flexibility index (Phi) is 4.35. The number of aromatic nitrogens is 2. The number of nitro groups is 1. The van der Waals surface area contributed by atoms with E-state index in [9.17, 15) is 14.9 Å². The fourth-order valence-corrected chi connectivity index (χ4v) is 2.14. The molecule has 1 heterocycles. The van der Waals surface area contributed by atoms with E-state index in [0.717, 1.165) is 0 Å². The van der Waals surface area contributed by atoms with Crippen LogP contribution in [0.4, 0.5) is 11.5 Å². The van der Waals surface area contributed by atoms with Gasteiger partial charge < -0.3 is 5.32 Å². The summed E-state index contributed by atoms with van der Waals surface area (Å²) in [6, 6.07) is 5.64. The van der Waals surface area contributed by atoms with Crippen LogP contribution in [0.1, 0.15) is 15.9 Å². The van der Waals surface area contributed by atoms with Crippen LogP contribution in [0.2, 0.25) is 10.4 Å². The lowest BCUT2D eigenvalue weighted by Crippen LogP contribution is -2.16. The van der Waals surface area contributed by atoms with Gasteiger partial charge in [-0.05, 0) is 24.1 Å². The number of anilines is 1. The summed E-state index contributed by atoms with van der Waals surface area (Å²) >= 11 is 11.3. The monoisotopic (exact) mass is 326 g/mol. The highest BCUT2D eigenvalue weighted by molar-refractivity contribution is 6.32. The maximum absolute atomic E-state index is 12.2. The van der Waals surface area contributed by atoms with Crippen LogP contribution in [0.5, 0.6) is 0 Å². The van der Waals surface area contributed by atoms with Crippen molar-refractivity contribution in [3.8, 4) is 0 Å². The average molecular weight is 327 g/mol. The first kappa shape index (κ1) is 15.1. The fourth-order valence-electron chi connectivity index (χ4n) is 1.73. The van der Waals surface area contributed by atoms with E-state index in [1.54, 1.807) is 13.0 Å². The van der Waals surface area contributed by atoms with Gasteiger partial charge in [-0.2, -0.15) is 0 Å². The summed E-state index contributed by atoms with van der Waals surface area (Å²) in [5, 5.41) is 13.3. The van der Waals surface area contributed by atoms with Gasteiger partial charge in [0.2, 0.25) is 5.28 Å².